The van der Waals surface area contributed by atoms with E-state index >= 15 is 0 Å². The van der Waals surface area contributed by atoms with E-state index in [0.717, 1.165) is 5.57 Å². The molecule has 15 heavy (non-hydrogen) atoms. The van der Waals surface area contributed by atoms with Gasteiger partial charge in [0.2, 0.25) is 0 Å². The lowest BCUT2D eigenvalue weighted by atomic mass is 10.1. The first kappa shape index (κ1) is 13.5. The fraction of sp³-hybridized carbons (Fsp3) is 0.273. The molecule has 0 saturated carbocycles. The standard InChI is InChI=1S/C11H13F3O/c1-3-5-7-10(4-2)8-6-9-15-11(12,13)14/h3-6,8-9H,2,7H2,1H3/b5-3+,9-6+,10-8+. The first-order valence-electron chi connectivity index (χ1n) is 4.33. The molecule has 0 bridgehead atoms. The van der Waals surface area contributed by atoms with E-state index in [1.165, 1.54) is 12.2 Å². The van der Waals surface area contributed by atoms with Crippen LogP contribution in [0, 0.1) is 0 Å². The van der Waals surface area contributed by atoms with Gasteiger partial charge in [0, 0.05) is 0 Å². The van der Waals surface area contributed by atoms with Crippen molar-refractivity contribution in [2.75, 3.05) is 0 Å². The van der Waals surface area contributed by atoms with Gasteiger partial charge in [-0.15, -0.1) is 13.2 Å². The van der Waals surface area contributed by atoms with Crippen molar-refractivity contribution in [3.63, 3.8) is 0 Å². The third kappa shape index (κ3) is 8.87. The van der Waals surface area contributed by atoms with E-state index in [-0.39, 0.29) is 0 Å². The lowest BCUT2D eigenvalue weighted by Gasteiger charge is -2.01. The zero-order valence-electron chi connectivity index (χ0n) is 8.42. The van der Waals surface area contributed by atoms with Gasteiger partial charge in [-0.3, -0.25) is 0 Å². The first-order chi connectivity index (χ1) is 6.99. The van der Waals surface area contributed by atoms with Crippen LogP contribution in [0.3, 0.4) is 0 Å². The Labute approximate surface area is 87.2 Å². The molecule has 0 rings (SSSR count). The van der Waals surface area contributed by atoms with Gasteiger partial charge in [-0.05, 0) is 25.0 Å². The highest BCUT2D eigenvalue weighted by atomic mass is 19.4. The minimum atomic E-state index is -4.62. The molecule has 4 heteroatoms. The molecule has 0 heterocycles. The minimum absolute atomic E-state index is 0.596. The zero-order chi connectivity index (χ0) is 11.7. The van der Waals surface area contributed by atoms with Crippen LogP contribution in [0.15, 0.2) is 48.8 Å². The van der Waals surface area contributed by atoms with Gasteiger partial charge in [0.25, 0.3) is 0 Å². The Morgan fingerprint density at radius 2 is 2.07 bits per heavy atom. The van der Waals surface area contributed by atoms with Crippen LogP contribution in [0.5, 0.6) is 0 Å². The summed E-state index contributed by atoms with van der Waals surface area (Å²) in [5, 5.41) is 0. The van der Waals surface area contributed by atoms with E-state index in [0.29, 0.717) is 12.7 Å². The van der Waals surface area contributed by atoms with Gasteiger partial charge in [0.05, 0.1) is 6.26 Å². The zero-order valence-corrected chi connectivity index (χ0v) is 8.42. The Bertz CT molecular complexity index is 272. The second kappa shape index (κ2) is 6.92. The third-order valence-corrected chi connectivity index (χ3v) is 1.44. The molecular weight excluding hydrogens is 205 g/mol. The average Bonchev–Trinajstić information content (AvgIpc) is 2.15. The Hall–Kier alpha value is -1.45. The highest BCUT2D eigenvalue weighted by Gasteiger charge is 2.28. The number of rotatable bonds is 5. The summed E-state index contributed by atoms with van der Waals surface area (Å²) in [6.45, 7) is 5.41. The van der Waals surface area contributed by atoms with E-state index in [9.17, 15) is 13.2 Å². The summed E-state index contributed by atoms with van der Waals surface area (Å²) in [6, 6.07) is 0. The summed E-state index contributed by atoms with van der Waals surface area (Å²) in [5.74, 6) is 0. The Morgan fingerprint density at radius 3 is 2.53 bits per heavy atom. The molecule has 0 fully saturated rings. The SMILES string of the molecule is C=C/C(=C\C=C\OC(F)(F)F)C/C=C/C. The monoisotopic (exact) mass is 218 g/mol. The summed E-state index contributed by atoms with van der Waals surface area (Å²) in [5.41, 5.74) is 0.815. The molecule has 1 nitrogen and oxygen atoms in total. The topological polar surface area (TPSA) is 9.23 Å². The van der Waals surface area contributed by atoms with Gasteiger partial charge in [-0.1, -0.05) is 30.9 Å². The summed E-state index contributed by atoms with van der Waals surface area (Å²) in [6.07, 6.45) is 4.63. The van der Waals surface area contributed by atoms with Crippen LogP contribution in [-0.2, 0) is 4.74 Å². The number of hydrogen-bond donors (Lipinski definition) is 0. The van der Waals surface area contributed by atoms with Crippen molar-refractivity contribution >= 4 is 0 Å². The van der Waals surface area contributed by atoms with Gasteiger partial charge in [-0.2, -0.15) is 0 Å². The normalized spacial score (nSPS) is 13.7. The smallest absolute Gasteiger partial charge is 0.414 e. The summed E-state index contributed by atoms with van der Waals surface area (Å²) in [4.78, 5) is 0. The molecule has 0 radical (unpaired) electrons. The molecule has 0 saturated heterocycles. The van der Waals surface area contributed by atoms with Gasteiger partial charge in [0.15, 0.2) is 0 Å². The average molecular weight is 218 g/mol. The van der Waals surface area contributed by atoms with Crippen molar-refractivity contribution in [3.8, 4) is 0 Å². The number of alkyl halides is 3. The molecule has 84 valence electrons. The van der Waals surface area contributed by atoms with Gasteiger partial charge in [0.1, 0.15) is 0 Å². The molecule has 0 N–H and O–H groups in total. The first-order valence-corrected chi connectivity index (χ1v) is 4.33. The highest BCUT2D eigenvalue weighted by Crippen LogP contribution is 2.16. The van der Waals surface area contributed by atoms with Crippen molar-refractivity contribution in [2.45, 2.75) is 19.7 Å². The third-order valence-electron chi connectivity index (χ3n) is 1.44. The predicted octanol–water partition coefficient (Wildman–Crippen LogP) is 4.12. The molecule has 0 aromatic rings. The molecule has 0 aliphatic carbocycles. The molecular formula is C11H13F3O. The second-order valence-electron chi connectivity index (χ2n) is 2.61. The lowest BCUT2D eigenvalue weighted by molar-refractivity contribution is -0.298. The molecule has 0 aromatic heterocycles. The quantitative estimate of drug-likeness (QED) is 0.383. The van der Waals surface area contributed by atoms with Crippen molar-refractivity contribution < 1.29 is 17.9 Å². The summed E-state index contributed by atoms with van der Waals surface area (Å²) < 4.78 is 38.1. The van der Waals surface area contributed by atoms with Crippen LogP contribution >= 0.6 is 0 Å². The van der Waals surface area contributed by atoms with Crippen molar-refractivity contribution in [1.82, 2.24) is 0 Å². The van der Waals surface area contributed by atoms with E-state index < -0.39 is 6.36 Å². The van der Waals surface area contributed by atoms with Gasteiger partial charge < -0.3 is 4.74 Å². The molecule has 0 aliphatic rings. The van der Waals surface area contributed by atoms with E-state index in [1.807, 2.05) is 19.1 Å². The summed E-state index contributed by atoms with van der Waals surface area (Å²) in [7, 11) is 0. The van der Waals surface area contributed by atoms with Crippen molar-refractivity contribution in [2.24, 2.45) is 0 Å². The fourth-order valence-electron chi connectivity index (χ4n) is 0.753. The van der Waals surface area contributed by atoms with Crippen LogP contribution in [0.25, 0.3) is 0 Å². The Kier molecular flexibility index (Phi) is 6.25. The summed E-state index contributed by atoms with van der Waals surface area (Å²) >= 11 is 0. The minimum Gasteiger partial charge on any atom is -0.414 e. The van der Waals surface area contributed by atoms with Crippen LogP contribution in [0.2, 0.25) is 0 Å². The van der Waals surface area contributed by atoms with E-state index in [1.54, 1.807) is 6.08 Å². The molecule has 0 aliphatic heterocycles. The molecule has 0 unspecified atom stereocenters. The lowest BCUT2D eigenvalue weighted by Crippen LogP contribution is -2.08. The maximum atomic E-state index is 11.5. The maximum Gasteiger partial charge on any atom is 0.572 e. The van der Waals surface area contributed by atoms with E-state index in [4.69, 9.17) is 0 Å². The van der Waals surface area contributed by atoms with Gasteiger partial charge >= 0.3 is 6.36 Å². The van der Waals surface area contributed by atoms with E-state index in [2.05, 4.69) is 11.3 Å². The van der Waals surface area contributed by atoms with Crippen LogP contribution in [0.4, 0.5) is 13.2 Å². The Morgan fingerprint density at radius 1 is 1.40 bits per heavy atom. The van der Waals surface area contributed by atoms with Crippen molar-refractivity contribution in [1.29, 1.82) is 0 Å². The van der Waals surface area contributed by atoms with Gasteiger partial charge in [-0.25, -0.2) is 0 Å². The Balaban J connectivity index is 4.16. The number of allylic oxidation sites excluding steroid dienone is 6. The van der Waals surface area contributed by atoms with Crippen LogP contribution in [-0.4, -0.2) is 6.36 Å². The number of hydrogen-bond acceptors (Lipinski definition) is 1. The second-order valence-corrected chi connectivity index (χ2v) is 2.61. The predicted molar refractivity (Wildman–Crippen MR) is 54.0 cm³/mol. The number of halogens is 3. The van der Waals surface area contributed by atoms with Crippen LogP contribution < -0.4 is 0 Å². The fourth-order valence-corrected chi connectivity index (χ4v) is 0.753. The number of ether oxygens (including phenoxy) is 1. The molecule has 0 atom stereocenters. The molecule has 0 amide bonds. The maximum absolute atomic E-state index is 11.5. The van der Waals surface area contributed by atoms with Crippen molar-refractivity contribution in [3.05, 3.63) is 48.8 Å². The molecule has 0 spiro atoms. The molecule has 0 aromatic carbocycles. The largest absolute Gasteiger partial charge is 0.572 e. The highest BCUT2D eigenvalue weighted by molar-refractivity contribution is 5.23. The van der Waals surface area contributed by atoms with Crippen LogP contribution in [0.1, 0.15) is 13.3 Å².